The van der Waals surface area contributed by atoms with Crippen molar-refractivity contribution in [2.24, 2.45) is 0 Å². The van der Waals surface area contributed by atoms with Crippen molar-refractivity contribution < 1.29 is 14.3 Å². The zero-order valence-corrected chi connectivity index (χ0v) is 12.2. The van der Waals surface area contributed by atoms with Crippen LogP contribution < -0.4 is 5.32 Å². The van der Waals surface area contributed by atoms with Gasteiger partial charge in [-0.25, -0.2) is 9.78 Å². The van der Waals surface area contributed by atoms with Crippen molar-refractivity contribution in [2.45, 2.75) is 0 Å². The molecular weight excluding hydrogens is 315 g/mol. The number of carbonyl (C=O) groups is 2. The third kappa shape index (κ3) is 4.44. The Kier molecular flexibility index (Phi) is 5.14. The number of aromatic nitrogens is 1. The third-order valence-electron chi connectivity index (χ3n) is 2.42. The van der Waals surface area contributed by atoms with E-state index in [0.717, 1.165) is 0 Å². The number of amides is 1. The Morgan fingerprint density at radius 1 is 1.19 bits per heavy atom. The molecule has 1 aromatic carbocycles. The first-order valence-corrected chi connectivity index (χ1v) is 6.65. The van der Waals surface area contributed by atoms with Gasteiger partial charge in [0, 0.05) is 16.9 Å². The first kappa shape index (κ1) is 15.3. The second-order valence-corrected chi connectivity index (χ2v) is 4.77. The van der Waals surface area contributed by atoms with Crippen LogP contribution in [0.15, 0.2) is 42.6 Å². The molecule has 7 heteroatoms. The summed E-state index contributed by atoms with van der Waals surface area (Å²) < 4.78 is 4.86. The van der Waals surface area contributed by atoms with Gasteiger partial charge in [0.2, 0.25) is 0 Å². The Morgan fingerprint density at radius 2 is 2.00 bits per heavy atom. The minimum atomic E-state index is -0.714. The van der Waals surface area contributed by atoms with Crippen LogP contribution >= 0.6 is 23.2 Å². The number of nitrogens with one attached hydrogen (secondary N) is 1. The van der Waals surface area contributed by atoms with Gasteiger partial charge in [-0.05, 0) is 30.3 Å². The molecule has 0 aliphatic rings. The molecule has 1 amide bonds. The molecule has 0 fully saturated rings. The van der Waals surface area contributed by atoms with Gasteiger partial charge >= 0.3 is 5.97 Å². The first-order chi connectivity index (χ1) is 10.1. The number of hydrogen-bond acceptors (Lipinski definition) is 4. The van der Waals surface area contributed by atoms with Crippen molar-refractivity contribution in [3.8, 4) is 0 Å². The number of esters is 1. The lowest BCUT2D eigenvalue weighted by Crippen LogP contribution is -2.21. The largest absolute Gasteiger partial charge is 0.452 e. The van der Waals surface area contributed by atoms with E-state index in [4.69, 9.17) is 27.9 Å². The number of hydrogen-bond donors (Lipinski definition) is 1. The fraction of sp³-hybridized carbons (Fsp3) is 0.0714. The van der Waals surface area contributed by atoms with Crippen LogP contribution in [0.5, 0.6) is 0 Å². The minimum Gasteiger partial charge on any atom is -0.452 e. The first-order valence-electron chi connectivity index (χ1n) is 5.89. The lowest BCUT2D eigenvalue weighted by molar-refractivity contribution is -0.119. The second kappa shape index (κ2) is 7.06. The Morgan fingerprint density at radius 3 is 2.71 bits per heavy atom. The van der Waals surface area contributed by atoms with Gasteiger partial charge in [0.05, 0.1) is 5.56 Å². The van der Waals surface area contributed by atoms with Crippen LogP contribution in [0.2, 0.25) is 10.2 Å². The van der Waals surface area contributed by atoms with Crippen LogP contribution in [0.1, 0.15) is 10.4 Å². The quantitative estimate of drug-likeness (QED) is 0.692. The van der Waals surface area contributed by atoms with E-state index in [9.17, 15) is 9.59 Å². The van der Waals surface area contributed by atoms with Crippen LogP contribution in [-0.4, -0.2) is 23.5 Å². The maximum absolute atomic E-state index is 11.7. The van der Waals surface area contributed by atoms with Crippen LogP contribution in [0.25, 0.3) is 0 Å². The highest BCUT2D eigenvalue weighted by atomic mass is 35.5. The van der Waals surface area contributed by atoms with Gasteiger partial charge in [0.25, 0.3) is 5.91 Å². The SMILES string of the molecule is O=C(COC(=O)c1cccnc1Cl)Nc1cccc(Cl)c1. The van der Waals surface area contributed by atoms with Crippen molar-refractivity contribution in [3.63, 3.8) is 0 Å². The summed E-state index contributed by atoms with van der Waals surface area (Å²) in [7, 11) is 0. The molecule has 0 bridgehead atoms. The van der Waals surface area contributed by atoms with Gasteiger partial charge in [-0.2, -0.15) is 0 Å². The monoisotopic (exact) mass is 324 g/mol. The number of carbonyl (C=O) groups excluding carboxylic acids is 2. The normalized spacial score (nSPS) is 10.0. The van der Waals surface area contributed by atoms with Gasteiger partial charge < -0.3 is 10.1 Å². The molecule has 2 rings (SSSR count). The van der Waals surface area contributed by atoms with E-state index in [0.29, 0.717) is 10.7 Å². The maximum atomic E-state index is 11.7. The molecule has 0 saturated carbocycles. The smallest absolute Gasteiger partial charge is 0.341 e. The lowest BCUT2D eigenvalue weighted by atomic mass is 10.3. The van der Waals surface area contributed by atoms with Crippen molar-refractivity contribution >= 4 is 40.8 Å². The van der Waals surface area contributed by atoms with E-state index in [-0.39, 0.29) is 10.7 Å². The number of ether oxygens (including phenoxy) is 1. The van der Waals surface area contributed by atoms with E-state index < -0.39 is 18.5 Å². The van der Waals surface area contributed by atoms with Gasteiger partial charge in [-0.1, -0.05) is 29.3 Å². The molecule has 108 valence electrons. The molecule has 1 N–H and O–H groups in total. The summed E-state index contributed by atoms with van der Waals surface area (Å²) in [6.45, 7) is -0.434. The third-order valence-corrected chi connectivity index (χ3v) is 2.96. The number of halogens is 2. The standard InChI is InChI=1S/C14H10Cl2N2O3/c15-9-3-1-4-10(7-9)18-12(19)8-21-14(20)11-5-2-6-17-13(11)16/h1-7H,8H2,(H,18,19). The Labute approximate surface area is 130 Å². The van der Waals surface area contributed by atoms with Crippen molar-refractivity contribution in [1.29, 1.82) is 0 Å². The van der Waals surface area contributed by atoms with Gasteiger partial charge in [-0.3, -0.25) is 4.79 Å². The molecule has 1 aromatic heterocycles. The molecule has 1 heterocycles. The summed E-state index contributed by atoms with van der Waals surface area (Å²) in [5, 5.41) is 3.07. The van der Waals surface area contributed by atoms with E-state index in [2.05, 4.69) is 10.3 Å². The minimum absolute atomic E-state index is 0.0257. The fourth-order valence-corrected chi connectivity index (χ4v) is 1.90. The highest BCUT2D eigenvalue weighted by Crippen LogP contribution is 2.15. The molecule has 2 aromatic rings. The Hall–Kier alpha value is -2.11. The van der Waals surface area contributed by atoms with E-state index in [1.165, 1.54) is 12.3 Å². The van der Waals surface area contributed by atoms with Gasteiger partial charge in [0.1, 0.15) is 5.15 Å². The lowest BCUT2D eigenvalue weighted by Gasteiger charge is -2.07. The summed E-state index contributed by atoms with van der Waals surface area (Å²) in [6.07, 6.45) is 1.45. The average Bonchev–Trinajstić information content (AvgIpc) is 2.45. The summed E-state index contributed by atoms with van der Waals surface area (Å²) in [4.78, 5) is 27.1. The molecular formula is C14H10Cl2N2O3. The molecule has 0 aliphatic heterocycles. The molecule has 0 unspecified atom stereocenters. The zero-order valence-electron chi connectivity index (χ0n) is 10.7. The van der Waals surface area contributed by atoms with Gasteiger partial charge in [-0.15, -0.1) is 0 Å². The number of nitrogens with zero attached hydrogens (tertiary/aromatic N) is 1. The summed E-state index contributed by atoms with van der Waals surface area (Å²) in [5.41, 5.74) is 0.623. The summed E-state index contributed by atoms with van der Waals surface area (Å²) in [6, 6.07) is 9.64. The molecule has 5 nitrogen and oxygen atoms in total. The van der Waals surface area contributed by atoms with E-state index in [1.807, 2.05) is 0 Å². The average molecular weight is 325 g/mol. The zero-order chi connectivity index (χ0) is 15.2. The molecule has 0 saturated heterocycles. The van der Waals surface area contributed by atoms with E-state index >= 15 is 0 Å². The molecule has 0 atom stereocenters. The molecule has 0 aliphatic carbocycles. The van der Waals surface area contributed by atoms with Crippen LogP contribution in [0, 0.1) is 0 Å². The highest BCUT2D eigenvalue weighted by molar-refractivity contribution is 6.32. The maximum Gasteiger partial charge on any atom is 0.341 e. The van der Waals surface area contributed by atoms with Crippen LogP contribution in [0.3, 0.4) is 0 Å². The number of rotatable bonds is 4. The van der Waals surface area contributed by atoms with E-state index in [1.54, 1.807) is 30.3 Å². The van der Waals surface area contributed by atoms with Crippen molar-refractivity contribution in [2.75, 3.05) is 11.9 Å². The molecule has 21 heavy (non-hydrogen) atoms. The number of pyridine rings is 1. The Bertz CT molecular complexity index is 677. The second-order valence-electron chi connectivity index (χ2n) is 3.98. The van der Waals surface area contributed by atoms with Crippen molar-refractivity contribution in [3.05, 3.63) is 58.3 Å². The highest BCUT2D eigenvalue weighted by Gasteiger charge is 2.14. The summed E-state index contributed by atoms with van der Waals surface area (Å²) in [5.74, 6) is -1.19. The molecule has 0 radical (unpaired) electrons. The molecule has 0 spiro atoms. The number of benzene rings is 1. The summed E-state index contributed by atoms with van der Waals surface area (Å²) >= 11 is 11.5. The van der Waals surface area contributed by atoms with Crippen molar-refractivity contribution in [1.82, 2.24) is 4.98 Å². The fourth-order valence-electron chi connectivity index (χ4n) is 1.51. The van der Waals surface area contributed by atoms with Crippen LogP contribution in [0.4, 0.5) is 5.69 Å². The predicted octanol–water partition coefficient (Wildman–Crippen LogP) is 3.18. The number of anilines is 1. The Balaban J connectivity index is 1.90. The topological polar surface area (TPSA) is 68.3 Å². The predicted molar refractivity (Wildman–Crippen MR) is 79.6 cm³/mol. The van der Waals surface area contributed by atoms with Crippen LogP contribution in [-0.2, 0) is 9.53 Å². The van der Waals surface area contributed by atoms with Gasteiger partial charge in [0.15, 0.2) is 6.61 Å².